The van der Waals surface area contributed by atoms with E-state index in [0.717, 1.165) is 25.0 Å². The summed E-state index contributed by atoms with van der Waals surface area (Å²) in [6.45, 7) is 1.38. The fourth-order valence-electron chi connectivity index (χ4n) is 3.72. The van der Waals surface area contributed by atoms with Crippen molar-refractivity contribution in [1.29, 1.82) is 0 Å². The normalized spacial score (nSPS) is 16.1. The van der Waals surface area contributed by atoms with Gasteiger partial charge in [-0.3, -0.25) is 0 Å². The summed E-state index contributed by atoms with van der Waals surface area (Å²) in [5.41, 5.74) is 8.94. The second-order valence-corrected chi connectivity index (χ2v) is 7.83. The van der Waals surface area contributed by atoms with Crippen molar-refractivity contribution in [3.63, 3.8) is 0 Å². The maximum atomic E-state index is 13.4. The lowest BCUT2D eigenvalue weighted by molar-refractivity contribution is 0.120. The molecule has 1 fully saturated rings. The number of ether oxygens (including phenoxy) is 1. The first kappa shape index (κ1) is 19.7. The largest absolute Gasteiger partial charge is 0.383 e. The summed E-state index contributed by atoms with van der Waals surface area (Å²) < 4.78 is 20.6. The Hall–Kier alpha value is -3.23. The Kier molecular flexibility index (Phi) is 5.17. The van der Waals surface area contributed by atoms with E-state index >= 15 is 0 Å². The van der Waals surface area contributed by atoms with Gasteiger partial charge in [0.25, 0.3) is 0 Å². The number of fused-ring (bicyclic) bond motifs is 1. The Morgan fingerprint density at radius 2 is 2.03 bits per heavy atom. The van der Waals surface area contributed by atoms with E-state index in [1.807, 2.05) is 18.2 Å². The van der Waals surface area contributed by atoms with Crippen molar-refractivity contribution in [1.82, 2.24) is 19.7 Å². The molecule has 0 saturated carbocycles. The molecule has 4 aromatic rings. The average Bonchev–Trinajstić information content (AvgIpc) is 3.40. The third kappa shape index (κ3) is 3.92. The number of rotatable bonds is 5. The molecule has 3 N–H and O–H groups in total. The quantitative estimate of drug-likeness (QED) is 0.478. The Balaban J connectivity index is 1.63. The molecule has 0 bridgehead atoms. The standard InChI is InChI=1S/C22H20ClFN6O/c23-14-4-1-3-13(11-14)19-18-20(25)30(16-8-6-15(24)7-9-16)29-21(18)28-22(27-19)26-12-17-5-2-10-31-17/h1,3-4,6-9,11,17H,2,5,10,12,25H2,(H,26,28,29). The van der Waals surface area contributed by atoms with Crippen LogP contribution in [0.2, 0.25) is 5.02 Å². The summed E-state index contributed by atoms with van der Waals surface area (Å²) in [7, 11) is 0. The predicted octanol–water partition coefficient (Wildman–Crippen LogP) is 4.45. The highest BCUT2D eigenvalue weighted by molar-refractivity contribution is 6.30. The fourth-order valence-corrected chi connectivity index (χ4v) is 3.92. The Morgan fingerprint density at radius 1 is 1.19 bits per heavy atom. The molecule has 1 aliphatic rings. The number of benzene rings is 2. The topological polar surface area (TPSA) is 90.9 Å². The third-order valence-electron chi connectivity index (χ3n) is 5.25. The minimum atomic E-state index is -0.334. The van der Waals surface area contributed by atoms with Gasteiger partial charge >= 0.3 is 0 Å². The van der Waals surface area contributed by atoms with Crippen LogP contribution in [-0.2, 0) is 4.74 Å². The molecule has 9 heteroatoms. The number of aromatic nitrogens is 4. The Bertz CT molecular complexity index is 1240. The Morgan fingerprint density at radius 3 is 2.77 bits per heavy atom. The maximum absolute atomic E-state index is 13.4. The zero-order valence-electron chi connectivity index (χ0n) is 16.6. The van der Waals surface area contributed by atoms with E-state index in [-0.39, 0.29) is 11.9 Å². The molecule has 0 radical (unpaired) electrons. The van der Waals surface area contributed by atoms with E-state index in [2.05, 4.69) is 15.4 Å². The lowest BCUT2D eigenvalue weighted by atomic mass is 10.1. The van der Waals surface area contributed by atoms with Crippen LogP contribution in [0.15, 0.2) is 48.5 Å². The number of nitrogens with zero attached hydrogens (tertiary/aromatic N) is 4. The molecule has 31 heavy (non-hydrogen) atoms. The molecule has 1 atom stereocenters. The smallest absolute Gasteiger partial charge is 0.225 e. The van der Waals surface area contributed by atoms with Crippen molar-refractivity contribution in [3.05, 3.63) is 59.4 Å². The molecule has 0 amide bonds. The van der Waals surface area contributed by atoms with Crippen molar-refractivity contribution in [2.75, 3.05) is 24.2 Å². The number of halogens is 2. The highest BCUT2D eigenvalue weighted by Gasteiger charge is 2.21. The van der Waals surface area contributed by atoms with E-state index in [0.29, 0.717) is 45.7 Å². The zero-order valence-corrected chi connectivity index (χ0v) is 17.3. The minimum Gasteiger partial charge on any atom is -0.383 e. The van der Waals surface area contributed by atoms with Gasteiger partial charge in [0.15, 0.2) is 5.65 Å². The van der Waals surface area contributed by atoms with Crippen molar-refractivity contribution in [3.8, 4) is 16.9 Å². The summed E-state index contributed by atoms with van der Waals surface area (Å²) in [6.07, 6.45) is 2.19. The molecular weight excluding hydrogens is 419 g/mol. The molecule has 158 valence electrons. The fraction of sp³-hybridized carbons (Fsp3) is 0.227. The molecule has 7 nitrogen and oxygen atoms in total. The SMILES string of the molecule is Nc1c2c(-c3cccc(Cl)c3)nc(NCC3CCCO3)nc2nn1-c1ccc(F)cc1. The van der Waals surface area contributed by atoms with Crippen LogP contribution >= 0.6 is 11.6 Å². The second-order valence-electron chi connectivity index (χ2n) is 7.39. The van der Waals surface area contributed by atoms with Crippen LogP contribution < -0.4 is 11.1 Å². The lowest BCUT2D eigenvalue weighted by Gasteiger charge is -2.12. The summed E-state index contributed by atoms with van der Waals surface area (Å²) in [5, 5.41) is 9.03. The number of hydrogen-bond acceptors (Lipinski definition) is 6. The summed E-state index contributed by atoms with van der Waals surface area (Å²) in [6, 6.07) is 13.3. The van der Waals surface area contributed by atoms with E-state index in [9.17, 15) is 4.39 Å². The van der Waals surface area contributed by atoms with Crippen LogP contribution in [0.4, 0.5) is 16.2 Å². The van der Waals surface area contributed by atoms with E-state index in [1.165, 1.54) is 16.8 Å². The third-order valence-corrected chi connectivity index (χ3v) is 5.49. The molecule has 2 aromatic heterocycles. The molecule has 5 rings (SSSR count). The Labute approximate surface area is 183 Å². The molecule has 3 heterocycles. The minimum absolute atomic E-state index is 0.135. The maximum Gasteiger partial charge on any atom is 0.225 e. The molecule has 1 aliphatic heterocycles. The first-order chi connectivity index (χ1) is 15.1. The molecule has 0 spiro atoms. The molecule has 1 saturated heterocycles. The van der Waals surface area contributed by atoms with E-state index < -0.39 is 0 Å². The van der Waals surface area contributed by atoms with Crippen LogP contribution in [0.3, 0.4) is 0 Å². The average molecular weight is 439 g/mol. The van der Waals surface area contributed by atoms with Crippen LogP contribution in [-0.4, -0.2) is 39.0 Å². The number of anilines is 2. The van der Waals surface area contributed by atoms with Crippen molar-refractivity contribution in [2.24, 2.45) is 0 Å². The number of nitrogen functional groups attached to an aromatic ring is 1. The van der Waals surface area contributed by atoms with Gasteiger partial charge in [0.2, 0.25) is 5.95 Å². The van der Waals surface area contributed by atoms with Gasteiger partial charge < -0.3 is 15.8 Å². The molecular formula is C22H20ClFN6O. The summed E-state index contributed by atoms with van der Waals surface area (Å²) in [4.78, 5) is 9.30. The molecule has 1 unspecified atom stereocenters. The first-order valence-electron chi connectivity index (χ1n) is 10.0. The number of nitrogens with two attached hydrogens (primary N) is 1. The van der Waals surface area contributed by atoms with E-state index in [4.69, 9.17) is 27.1 Å². The van der Waals surface area contributed by atoms with Gasteiger partial charge in [-0.05, 0) is 49.2 Å². The number of hydrogen-bond donors (Lipinski definition) is 2. The monoisotopic (exact) mass is 438 g/mol. The molecule has 2 aromatic carbocycles. The van der Waals surface area contributed by atoms with Gasteiger partial charge in [-0.2, -0.15) is 4.98 Å². The summed E-state index contributed by atoms with van der Waals surface area (Å²) >= 11 is 6.23. The van der Waals surface area contributed by atoms with Crippen LogP contribution in [0.5, 0.6) is 0 Å². The van der Waals surface area contributed by atoms with Gasteiger partial charge in [0, 0.05) is 23.7 Å². The summed E-state index contributed by atoms with van der Waals surface area (Å²) in [5.74, 6) is 0.461. The van der Waals surface area contributed by atoms with Crippen LogP contribution in [0, 0.1) is 5.82 Å². The number of nitrogens with one attached hydrogen (secondary N) is 1. The highest BCUT2D eigenvalue weighted by atomic mass is 35.5. The zero-order chi connectivity index (χ0) is 21.4. The van der Waals surface area contributed by atoms with Crippen molar-refractivity contribution >= 4 is 34.4 Å². The van der Waals surface area contributed by atoms with E-state index in [1.54, 1.807) is 18.2 Å². The van der Waals surface area contributed by atoms with Crippen molar-refractivity contribution in [2.45, 2.75) is 18.9 Å². The molecule has 0 aliphatic carbocycles. The van der Waals surface area contributed by atoms with Crippen LogP contribution in [0.25, 0.3) is 28.0 Å². The van der Waals surface area contributed by atoms with Gasteiger partial charge in [0.1, 0.15) is 11.6 Å². The highest BCUT2D eigenvalue weighted by Crippen LogP contribution is 2.33. The van der Waals surface area contributed by atoms with Gasteiger partial charge in [-0.15, -0.1) is 5.10 Å². The van der Waals surface area contributed by atoms with Crippen molar-refractivity contribution < 1.29 is 9.13 Å². The second kappa shape index (κ2) is 8.13. The predicted molar refractivity (Wildman–Crippen MR) is 119 cm³/mol. The lowest BCUT2D eigenvalue weighted by Crippen LogP contribution is -2.19. The van der Waals surface area contributed by atoms with Gasteiger partial charge in [-0.1, -0.05) is 23.7 Å². The van der Waals surface area contributed by atoms with Crippen LogP contribution in [0.1, 0.15) is 12.8 Å². The van der Waals surface area contributed by atoms with Gasteiger partial charge in [0.05, 0.1) is 22.9 Å². The van der Waals surface area contributed by atoms with Gasteiger partial charge in [-0.25, -0.2) is 14.1 Å². The first-order valence-corrected chi connectivity index (χ1v) is 10.4.